The lowest BCUT2D eigenvalue weighted by Gasteiger charge is -2.36. The summed E-state index contributed by atoms with van der Waals surface area (Å²) in [5.74, 6) is 1.33. The minimum Gasteiger partial charge on any atom is -0.456 e. The van der Waals surface area contributed by atoms with Gasteiger partial charge in [-0.05, 0) is 90.8 Å². The van der Waals surface area contributed by atoms with Gasteiger partial charge in [-0.15, -0.1) is 0 Å². The largest absolute Gasteiger partial charge is 0.456 e. The van der Waals surface area contributed by atoms with E-state index in [2.05, 4.69) is 196 Å². The van der Waals surface area contributed by atoms with Crippen molar-refractivity contribution in [2.24, 2.45) is 0 Å². The quantitative estimate of drug-likeness (QED) is 0.157. The SMILES string of the molecule is [2H]C([2H])([2H])c1ccc2c(c1-c1ccc(-c3c(-c4ccccc4)c(-c4ccccc4)c(-c4ccccc4)c(-c4ccccc4)c3-c3ccccc3)cc1)Oc1ccccc1C2(C)C. The number of rotatable bonds is 7. The van der Waals surface area contributed by atoms with Gasteiger partial charge in [0, 0.05) is 26.2 Å². The fourth-order valence-corrected chi connectivity index (χ4v) is 9.10. The molecule has 1 heteroatoms. The van der Waals surface area contributed by atoms with E-state index in [9.17, 15) is 0 Å². The predicted molar refractivity (Wildman–Crippen MR) is 248 cm³/mol. The smallest absolute Gasteiger partial charge is 0.139 e. The molecule has 1 heterocycles. The molecule has 0 bridgehead atoms. The number of para-hydroxylation sites is 1. The Kier molecular flexibility index (Phi) is 8.31. The van der Waals surface area contributed by atoms with Crippen molar-refractivity contribution in [3.8, 4) is 89.4 Å². The predicted octanol–water partition coefficient (Wildman–Crippen LogP) is 16.1. The summed E-state index contributed by atoms with van der Waals surface area (Å²) in [6.45, 7) is 1.98. The van der Waals surface area contributed by atoms with Crippen molar-refractivity contribution in [1.82, 2.24) is 0 Å². The van der Waals surface area contributed by atoms with Crippen LogP contribution in [0.25, 0.3) is 77.9 Å². The summed E-state index contributed by atoms with van der Waals surface area (Å²) in [6, 6.07) is 73.9. The van der Waals surface area contributed by atoms with Crippen LogP contribution in [0, 0.1) is 6.85 Å². The van der Waals surface area contributed by atoms with Gasteiger partial charge in [-0.25, -0.2) is 0 Å². The number of hydrogen-bond donors (Lipinski definition) is 0. The standard InChI is InChI=1S/C58H44O/c1-39-33-38-48-57(59-49-32-20-19-31-47(49)58(48,2)3)50(39)45-34-36-46(37-35-45)56-54(43-27-15-7-16-28-43)52(41-23-11-5-12-24-41)51(40-21-9-4-10-22-40)53(42-25-13-6-14-26-42)55(56)44-29-17-8-18-30-44/h4-38H,1-3H3/i1D3. The second-order valence-electron chi connectivity index (χ2n) is 15.7. The highest BCUT2D eigenvalue weighted by molar-refractivity contribution is 6.15. The Morgan fingerprint density at radius 1 is 0.322 bits per heavy atom. The van der Waals surface area contributed by atoms with Crippen LogP contribution in [0.1, 0.15) is 34.7 Å². The van der Waals surface area contributed by atoms with E-state index in [4.69, 9.17) is 8.85 Å². The van der Waals surface area contributed by atoms with Crippen LogP contribution >= 0.6 is 0 Å². The Morgan fingerprint density at radius 2 is 0.644 bits per heavy atom. The summed E-state index contributed by atoms with van der Waals surface area (Å²) in [6.07, 6.45) is 0. The van der Waals surface area contributed by atoms with Crippen molar-refractivity contribution in [2.45, 2.75) is 26.1 Å². The van der Waals surface area contributed by atoms with Crippen LogP contribution in [0.3, 0.4) is 0 Å². The minimum atomic E-state index is -2.38. The van der Waals surface area contributed by atoms with Crippen LogP contribution in [0.2, 0.25) is 0 Å². The van der Waals surface area contributed by atoms with Gasteiger partial charge >= 0.3 is 0 Å². The number of ether oxygens (including phenoxy) is 1. The fourth-order valence-electron chi connectivity index (χ4n) is 9.10. The molecule has 59 heavy (non-hydrogen) atoms. The molecule has 0 atom stereocenters. The van der Waals surface area contributed by atoms with Gasteiger partial charge in [0.25, 0.3) is 0 Å². The van der Waals surface area contributed by atoms with Crippen molar-refractivity contribution < 1.29 is 8.85 Å². The van der Waals surface area contributed by atoms with Gasteiger partial charge in [0.15, 0.2) is 0 Å². The molecule has 0 aromatic heterocycles. The van der Waals surface area contributed by atoms with Gasteiger partial charge in [-0.2, -0.15) is 0 Å². The Balaban J connectivity index is 1.33. The lowest BCUT2D eigenvalue weighted by atomic mass is 9.73. The number of hydrogen-bond acceptors (Lipinski definition) is 1. The van der Waals surface area contributed by atoms with E-state index in [0.717, 1.165) is 89.2 Å². The summed E-state index contributed by atoms with van der Waals surface area (Å²) in [5, 5.41) is 0. The van der Waals surface area contributed by atoms with E-state index in [1.165, 1.54) is 0 Å². The monoisotopic (exact) mass is 759 g/mol. The zero-order valence-electron chi connectivity index (χ0n) is 36.1. The van der Waals surface area contributed by atoms with Crippen LogP contribution in [-0.4, -0.2) is 0 Å². The van der Waals surface area contributed by atoms with Crippen molar-refractivity contribution >= 4 is 0 Å². The van der Waals surface area contributed by atoms with Crippen LogP contribution in [0.15, 0.2) is 212 Å². The maximum Gasteiger partial charge on any atom is 0.139 e. The molecule has 1 aliphatic rings. The second-order valence-corrected chi connectivity index (χ2v) is 15.7. The number of fused-ring (bicyclic) bond motifs is 2. The summed E-state index contributed by atoms with van der Waals surface area (Å²) < 4.78 is 32.9. The van der Waals surface area contributed by atoms with Crippen LogP contribution in [0.5, 0.6) is 11.5 Å². The molecule has 10 rings (SSSR count). The molecule has 0 saturated heterocycles. The molecule has 9 aromatic rings. The average molecular weight is 760 g/mol. The molecule has 0 amide bonds. The van der Waals surface area contributed by atoms with E-state index in [-0.39, 0.29) is 5.56 Å². The summed E-state index contributed by atoms with van der Waals surface area (Å²) in [7, 11) is 0. The Morgan fingerprint density at radius 3 is 1.02 bits per heavy atom. The Hall–Kier alpha value is -7.22. The molecule has 0 unspecified atom stereocenters. The van der Waals surface area contributed by atoms with Crippen molar-refractivity contribution in [1.29, 1.82) is 0 Å². The molecular formula is C58H44O. The molecule has 1 aliphatic heterocycles. The third kappa shape index (κ3) is 6.27. The van der Waals surface area contributed by atoms with E-state index in [1.54, 1.807) is 6.07 Å². The highest BCUT2D eigenvalue weighted by atomic mass is 16.5. The third-order valence-corrected chi connectivity index (χ3v) is 11.9. The van der Waals surface area contributed by atoms with Crippen molar-refractivity contribution in [2.75, 3.05) is 0 Å². The summed E-state index contributed by atoms with van der Waals surface area (Å²) >= 11 is 0. The summed E-state index contributed by atoms with van der Waals surface area (Å²) in [4.78, 5) is 0. The van der Waals surface area contributed by atoms with Gasteiger partial charge in [-0.1, -0.05) is 220 Å². The molecule has 9 aromatic carbocycles. The van der Waals surface area contributed by atoms with Crippen LogP contribution < -0.4 is 4.74 Å². The second kappa shape index (κ2) is 14.9. The van der Waals surface area contributed by atoms with E-state index >= 15 is 0 Å². The highest BCUT2D eigenvalue weighted by Crippen LogP contribution is 2.57. The maximum atomic E-state index is 8.73. The molecule has 0 aliphatic carbocycles. The normalized spacial score (nSPS) is 13.6. The van der Waals surface area contributed by atoms with Crippen molar-refractivity contribution in [3.63, 3.8) is 0 Å². The number of benzene rings is 9. The molecule has 0 fully saturated rings. The first-order valence-corrected chi connectivity index (χ1v) is 20.3. The van der Waals surface area contributed by atoms with Crippen LogP contribution in [-0.2, 0) is 5.41 Å². The molecular weight excluding hydrogens is 713 g/mol. The molecule has 1 nitrogen and oxygen atoms in total. The minimum absolute atomic E-state index is 0.263. The van der Waals surface area contributed by atoms with Crippen LogP contribution in [0.4, 0.5) is 0 Å². The molecule has 0 saturated carbocycles. The Labute approximate surface area is 352 Å². The summed E-state index contributed by atoms with van der Waals surface area (Å²) in [5.41, 5.74) is 16.5. The fraction of sp³-hybridized carbons (Fsp3) is 0.0690. The zero-order valence-corrected chi connectivity index (χ0v) is 33.1. The van der Waals surface area contributed by atoms with Gasteiger partial charge in [-0.3, -0.25) is 0 Å². The average Bonchev–Trinajstić information content (AvgIpc) is 3.31. The van der Waals surface area contributed by atoms with Gasteiger partial charge < -0.3 is 4.74 Å². The van der Waals surface area contributed by atoms with E-state index in [0.29, 0.717) is 11.3 Å². The molecule has 0 N–H and O–H groups in total. The first-order valence-electron chi connectivity index (χ1n) is 21.8. The first kappa shape index (κ1) is 32.8. The van der Waals surface area contributed by atoms with Gasteiger partial charge in [0.05, 0.1) is 0 Å². The lowest BCUT2D eigenvalue weighted by Crippen LogP contribution is -2.24. The van der Waals surface area contributed by atoms with E-state index in [1.807, 2.05) is 24.3 Å². The first-order chi connectivity index (χ1) is 30.2. The molecule has 0 spiro atoms. The molecule has 0 radical (unpaired) electrons. The lowest BCUT2D eigenvalue weighted by molar-refractivity contribution is 0.419. The maximum absolute atomic E-state index is 8.73. The van der Waals surface area contributed by atoms with Gasteiger partial charge in [0.1, 0.15) is 11.5 Å². The Bertz CT molecular complexity index is 2940. The highest BCUT2D eigenvalue weighted by Gasteiger charge is 2.36. The zero-order chi connectivity index (χ0) is 42.4. The third-order valence-electron chi connectivity index (χ3n) is 11.9. The molecule has 282 valence electrons. The van der Waals surface area contributed by atoms with E-state index < -0.39 is 12.3 Å². The van der Waals surface area contributed by atoms with Crippen molar-refractivity contribution in [3.05, 3.63) is 229 Å². The van der Waals surface area contributed by atoms with Gasteiger partial charge in [0.2, 0.25) is 0 Å². The topological polar surface area (TPSA) is 9.23 Å². The number of aryl methyl sites for hydroxylation is 1.